The van der Waals surface area contributed by atoms with Crippen molar-refractivity contribution in [2.24, 2.45) is 0 Å². The van der Waals surface area contributed by atoms with Crippen LogP contribution < -0.4 is 10.6 Å². The van der Waals surface area contributed by atoms with Crippen LogP contribution in [-0.4, -0.2) is 18.5 Å². The Hall–Kier alpha value is -1.54. The molecule has 96 valence electrons. The molecule has 5 heteroatoms. The lowest BCUT2D eigenvalue weighted by atomic mass is 10.1. The predicted octanol–water partition coefficient (Wildman–Crippen LogP) is 2.45. The number of halogens is 2. The Morgan fingerprint density at radius 2 is 2.28 bits per heavy atom. The highest BCUT2D eigenvalue weighted by atomic mass is 79.9. The number of hydrogen-bond acceptors (Lipinski definition) is 2. The Morgan fingerprint density at radius 1 is 1.61 bits per heavy atom. The van der Waals surface area contributed by atoms with E-state index in [9.17, 15) is 9.18 Å². The van der Waals surface area contributed by atoms with Crippen LogP contribution in [0.25, 0.3) is 0 Å². The Kier molecular flexibility index (Phi) is 5.17. The van der Waals surface area contributed by atoms with Crippen LogP contribution in [0.15, 0.2) is 16.6 Å². The van der Waals surface area contributed by atoms with E-state index in [1.165, 1.54) is 6.07 Å². The van der Waals surface area contributed by atoms with Crippen molar-refractivity contribution in [3.8, 4) is 12.3 Å². The summed E-state index contributed by atoms with van der Waals surface area (Å²) >= 11 is 3.11. The molecule has 3 nitrogen and oxygen atoms in total. The fourth-order valence-corrected chi connectivity index (χ4v) is 1.85. The standard InChI is InChI=1S/C13H14BrFN2O/c1-4-5-16-13(18)9(3)17-12-7-11(15)10(14)6-8(12)2/h1,6-7,9,17H,5H2,2-3H3,(H,16,18). The Morgan fingerprint density at radius 3 is 2.89 bits per heavy atom. The molecule has 0 aliphatic carbocycles. The van der Waals surface area contributed by atoms with Crippen LogP contribution in [0, 0.1) is 25.1 Å². The van der Waals surface area contributed by atoms with Crippen molar-refractivity contribution in [1.82, 2.24) is 5.32 Å². The largest absolute Gasteiger partial charge is 0.374 e. The van der Waals surface area contributed by atoms with Crippen molar-refractivity contribution < 1.29 is 9.18 Å². The average Bonchev–Trinajstić information content (AvgIpc) is 2.32. The molecule has 0 spiro atoms. The molecule has 0 heterocycles. The van der Waals surface area contributed by atoms with Crippen LogP contribution in [0.1, 0.15) is 12.5 Å². The highest BCUT2D eigenvalue weighted by molar-refractivity contribution is 9.10. The van der Waals surface area contributed by atoms with Crippen molar-refractivity contribution in [3.63, 3.8) is 0 Å². The van der Waals surface area contributed by atoms with E-state index < -0.39 is 6.04 Å². The molecule has 2 N–H and O–H groups in total. The molecule has 1 aromatic rings. The van der Waals surface area contributed by atoms with Gasteiger partial charge >= 0.3 is 0 Å². The Balaban J connectivity index is 2.76. The van der Waals surface area contributed by atoms with E-state index in [4.69, 9.17) is 6.42 Å². The first-order valence-corrected chi connectivity index (χ1v) is 6.18. The molecule has 0 bridgehead atoms. The maximum atomic E-state index is 13.4. The molecule has 1 amide bonds. The van der Waals surface area contributed by atoms with Crippen molar-refractivity contribution in [3.05, 3.63) is 28.0 Å². The van der Waals surface area contributed by atoms with Gasteiger partial charge in [0.15, 0.2) is 0 Å². The lowest BCUT2D eigenvalue weighted by Gasteiger charge is -2.16. The number of benzene rings is 1. The minimum absolute atomic E-state index is 0.179. The molecule has 0 saturated carbocycles. The summed E-state index contributed by atoms with van der Waals surface area (Å²) in [6, 6.07) is 2.52. The van der Waals surface area contributed by atoms with Gasteiger partial charge in [-0.25, -0.2) is 4.39 Å². The van der Waals surface area contributed by atoms with Gasteiger partial charge in [-0.2, -0.15) is 0 Å². The van der Waals surface area contributed by atoms with E-state index in [2.05, 4.69) is 32.5 Å². The first-order chi connectivity index (χ1) is 8.45. The van der Waals surface area contributed by atoms with Crippen molar-refractivity contribution in [1.29, 1.82) is 0 Å². The fourth-order valence-electron chi connectivity index (χ4n) is 1.39. The number of carbonyl (C=O) groups excluding carboxylic acids is 1. The van der Waals surface area contributed by atoms with Gasteiger partial charge in [-0.05, 0) is 47.5 Å². The predicted molar refractivity (Wildman–Crippen MR) is 73.8 cm³/mol. The number of rotatable bonds is 4. The van der Waals surface area contributed by atoms with Crippen LogP contribution in [-0.2, 0) is 4.79 Å². The zero-order valence-corrected chi connectivity index (χ0v) is 11.8. The van der Waals surface area contributed by atoms with Gasteiger partial charge in [-0.15, -0.1) is 6.42 Å². The third-order valence-corrected chi connectivity index (χ3v) is 3.00. The minimum Gasteiger partial charge on any atom is -0.374 e. The van der Waals surface area contributed by atoms with Crippen molar-refractivity contribution in [2.45, 2.75) is 19.9 Å². The number of anilines is 1. The summed E-state index contributed by atoms with van der Waals surface area (Å²) in [6.45, 7) is 3.70. The van der Waals surface area contributed by atoms with Crippen LogP contribution >= 0.6 is 15.9 Å². The number of amides is 1. The SMILES string of the molecule is C#CCNC(=O)C(C)Nc1cc(F)c(Br)cc1C. The first-order valence-electron chi connectivity index (χ1n) is 5.39. The number of carbonyl (C=O) groups is 1. The summed E-state index contributed by atoms with van der Waals surface area (Å²) < 4.78 is 13.8. The molecule has 1 atom stereocenters. The number of aryl methyl sites for hydroxylation is 1. The third-order valence-electron chi connectivity index (χ3n) is 2.40. The molecular formula is C13H14BrFN2O. The van der Waals surface area contributed by atoms with Crippen LogP contribution in [0.2, 0.25) is 0 Å². The average molecular weight is 313 g/mol. The van der Waals surface area contributed by atoms with E-state index >= 15 is 0 Å². The second-order valence-corrected chi connectivity index (χ2v) is 4.72. The van der Waals surface area contributed by atoms with Gasteiger partial charge < -0.3 is 10.6 Å². The van der Waals surface area contributed by atoms with Gasteiger partial charge in [0.2, 0.25) is 5.91 Å². The number of hydrogen-bond donors (Lipinski definition) is 2. The molecule has 0 saturated heterocycles. The quantitative estimate of drug-likeness (QED) is 0.839. The van der Waals surface area contributed by atoms with Crippen LogP contribution in [0.5, 0.6) is 0 Å². The van der Waals surface area contributed by atoms with Crippen LogP contribution in [0.4, 0.5) is 10.1 Å². The summed E-state index contributed by atoms with van der Waals surface area (Å²) in [5, 5.41) is 5.50. The Bertz CT molecular complexity index is 496. The zero-order valence-electron chi connectivity index (χ0n) is 10.2. The van der Waals surface area contributed by atoms with Crippen molar-refractivity contribution >= 4 is 27.5 Å². The molecule has 1 aromatic carbocycles. The lowest BCUT2D eigenvalue weighted by Crippen LogP contribution is -2.37. The lowest BCUT2D eigenvalue weighted by molar-refractivity contribution is -0.121. The normalized spacial score (nSPS) is 11.5. The summed E-state index contributed by atoms with van der Waals surface area (Å²) in [4.78, 5) is 11.6. The third kappa shape index (κ3) is 3.74. The molecule has 0 radical (unpaired) electrons. The Labute approximate surface area is 114 Å². The van der Waals surface area contributed by atoms with Gasteiger partial charge in [0.05, 0.1) is 11.0 Å². The summed E-state index contributed by atoms with van der Waals surface area (Å²) in [5.74, 6) is 1.72. The van der Waals surface area contributed by atoms with E-state index in [0.29, 0.717) is 10.2 Å². The van der Waals surface area contributed by atoms with E-state index in [-0.39, 0.29) is 18.3 Å². The van der Waals surface area contributed by atoms with Gasteiger partial charge in [0.25, 0.3) is 0 Å². The van der Waals surface area contributed by atoms with Gasteiger partial charge in [-0.1, -0.05) is 5.92 Å². The first kappa shape index (κ1) is 14.5. The van der Waals surface area contributed by atoms with E-state index in [1.807, 2.05) is 6.92 Å². The highest BCUT2D eigenvalue weighted by Gasteiger charge is 2.13. The van der Waals surface area contributed by atoms with Gasteiger partial charge in [-0.3, -0.25) is 4.79 Å². The molecule has 1 unspecified atom stereocenters. The summed E-state index contributed by atoms with van der Waals surface area (Å²) in [7, 11) is 0. The van der Waals surface area contributed by atoms with E-state index in [1.54, 1.807) is 13.0 Å². The molecule has 1 rings (SSSR count). The second-order valence-electron chi connectivity index (χ2n) is 3.87. The molecular weight excluding hydrogens is 299 g/mol. The molecule has 0 aliphatic heterocycles. The maximum absolute atomic E-state index is 13.4. The summed E-state index contributed by atoms with van der Waals surface area (Å²) in [6.07, 6.45) is 5.05. The van der Waals surface area contributed by atoms with Crippen LogP contribution in [0.3, 0.4) is 0 Å². The minimum atomic E-state index is -0.488. The smallest absolute Gasteiger partial charge is 0.242 e. The monoisotopic (exact) mass is 312 g/mol. The second kappa shape index (κ2) is 6.41. The van der Waals surface area contributed by atoms with E-state index in [0.717, 1.165) is 5.56 Å². The molecule has 0 aromatic heterocycles. The maximum Gasteiger partial charge on any atom is 0.242 e. The molecule has 18 heavy (non-hydrogen) atoms. The zero-order chi connectivity index (χ0) is 13.7. The summed E-state index contributed by atoms with van der Waals surface area (Å²) in [5.41, 5.74) is 1.43. The van der Waals surface area contributed by atoms with Crippen molar-refractivity contribution in [2.75, 3.05) is 11.9 Å². The fraction of sp³-hybridized carbons (Fsp3) is 0.308. The highest BCUT2D eigenvalue weighted by Crippen LogP contribution is 2.24. The number of terminal acetylenes is 1. The van der Waals surface area contributed by atoms with Gasteiger partial charge in [0, 0.05) is 5.69 Å². The topological polar surface area (TPSA) is 41.1 Å². The number of nitrogens with one attached hydrogen (secondary N) is 2. The van der Waals surface area contributed by atoms with Gasteiger partial charge in [0.1, 0.15) is 11.9 Å². The molecule has 0 aliphatic rings. The molecule has 0 fully saturated rings.